The molecular weight excluding hydrogens is 234 g/mol. The molecule has 0 amide bonds. The predicted molar refractivity (Wildman–Crippen MR) is 80.8 cm³/mol. The van der Waals surface area contributed by atoms with Crippen LogP contribution in [0.1, 0.15) is 45.6 Å². The number of hydrogen-bond acceptors (Lipinski definition) is 2. The van der Waals surface area contributed by atoms with Crippen LogP contribution in [-0.2, 0) is 0 Å². The summed E-state index contributed by atoms with van der Waals surface area (Å²) in [5, 5.41) is 9.75. The Labute approximate surface area is 116 Å². The first-order valence-electron chi connectivity index (χ1n) is 7.39. The second-order valence-electron chi connectivity index (χ2n) is 6.20. The second kappa shape index (κ2) is 6.23. The van der Waals surface area contributed by atoms with Crippen LogP contribution in [0.5, 0.6) is 5.75 Å². The average Bonchev–Trinajstić information content (AvgIpc) is 2.39. The fourth-order valence-corrected chi connectivity index (χ4v) is 2.92. The maximum Gasteiger partial charge on any atom is 0.124 e. The molecule has 1 N–H and O–H groups in total. The van der Waals surface area contributed by atoms with Gasteiger partial charge in [0.2, 0.25) is 0 Å². The summed E-state index contributed by atoms with van der Waals surface area (Å²) in [4.78, 5) is 4.74. The van der Waals surface area contributed by atoms with E-state index in [9.17, 15) is 5.11 Å². The van der Waals surface area contributed by atoms with Crippen molar-refractivity contribution in [2.75, 3.05) is 0 Å². The van der Waals surface area contributed by atoms with E-state index in [0.717, 1.165) is 17.4 Å². The van der Waals surface area contributed by atoms with Crippen molar-refractivity contribution in [1.29, 1.82) is 0 Å². The van der Waals surface area contributed by atoms with Crippen LogP contribution in [0.3, 0.4) is 0 Å². The molecule has 1 aliphatic rings. The Bertz CT molecular complexity index is 439. The summed E-state index contributed by atoms with van der Waals surface area (Å²) in [6, 6.07) is 7.79. The largest absolute Gasteiger partial charge is 0.507 e. The third-order valence-corrected chi connectivity index (χ3v) is 4.48. The predicted octanol–water partition coefficient (Wildman–Crippen LogP) is 4.27. The molecule has 1 saturated carbocycles. The molecule has 2 heteroatoms. The van der Waals surface area contributed by atoms with Gasteiger partial charge in [-0.3, -0.25) is 4.99 Å². The van der Waals surface area contributed by atoms with Gasteiger partial charge in [-0.25, -0.2) is 0 Å². The molecule has 0 aromatic heterocycles. The van der Waals surface area contributed by atoms with E-state index in [1.165, 1.54) is 19.3 Å². The highest BCUT2D eigenvalue weighted by Crippen LogP contribution is 2.35. The number of phenolic OH excluding ortho intramolecular Hbond substituents is 1. The third kappa shape index (κ3) is 3.59. The number of phenols is 1. The zero-order chi connectivity index (χ0) is 13.8. The molecule has 1 aromatic carbocycles. The first-order valence-corrected chi connectivity index (χ1v) is 7.39. The van der Waals surface area contributed by atoms with Crippen LogP contribution in [0, 0.1) is 17.8 Å². The van der Waals surface area contributed by atoms with Crippen LogP contribution < -0.4 is 0 Å². The van der Waals surface area contributed by atoms with Crippen LogP contribution in [0.15, 0.2) is 29.3 Å². The van der Waals surface area contributed by atoms with Gasteiger partial charge in [0, 0.05) is 11.8 Å². The van der Waals surface area contributed by atoms with E-state index >= 15 is 0 Å². The Morgan fingerprint density at radius 3 is 2.68 bits per heavy atom. The maximum atomic E-state index is 9.75. The molecule has 2 nitrogen and oxygen atoms in total. The van der Waals surface area contributed by atoms with E-state index in [2.05, 4.69) is 20.8 Å². The molecule has 1 aromatic rings. The molecule has 3 atom stereocenters. The zero-order valence-corrected chi connectivity index (χ0v) is 12.2. The number of para-hydroxylation sites is 1. The first kappa shape index (κ1) is 14.1. The SMILES string of the molecule is CC(C)[C@@H]1CC[C@@H](C)[C@H](N=Cc2ccccc2O)C1. The minimum absolute atomic E-state index is 0.315. The van der Waals surface area contributed by atoms with E-state index in [0.29, 0.717) is 17.7 Å². The Kier molecular flexibility index (Phi) is 4.62. The smallest absolute Gasteiger partial charge is 0.124 e. The molecule has 19 heavy (non-hydrogen) atoms. The molecule has 0 spiro atoms. The summed E-state index contributed by atoms with van der Waals surface area (Å²) < 4.78 is 0. The molecular formula is C17H25NO. The highest BCUT2D eigenvalue weighted by Gasteiger charge is 2.28. The van der Waals surface area contributed by atoms with Crippen molar-refractivity contribution in [2.24, 2.45) is 22.7 Å². The fraction of sp³-hybridized carbons (Fsp3) is 0.588. The average molecular weight is 259 g/mol. The third-order valence-electron chi connectivity index (χ3n) is 4.48. The van der Waals surface area contributed by atoms with Crippen molar-refractivity contribution in [1.82, 2.24) is 0 Å². The summed E-state index contributed by atoms with van der Waals surface area (Å²) in [5.41, 5.74) is 0.821. The van der Waals surface area contributed by atoms with E-state index in [1.54, 1.807) is 6.07 Å². The van der Waals surface area contributed by atoms with E-state index < -0.39 is 0 Å². The number of aromatic hydroxyl groups is 1. The highest BCUT2D eigenvalue weighted by molar-refractivity contribution is 5.83. The van der Waals surface area contributed by atoms with Gasteiger partial charge in [-0.2, -0.15) is 0 Å². The lowest BCUT2D eigenvalue weighted by atomic mass is 9.75. The van der Waals surface area contributed by atoms with Crippen molar-refractivity contribution in [2.45, 2.75) is 46.1 Å². The van der Waals surface area contributed by atoms with Gasteiger partial charge >= 0.3 is 0 Å². The molecule has 0 saturated heterocycles. The van der Waals surface area contributed by atoms with Crippen molar-refractivity contribution in [3.8, 4) is 5.75 Å². The number of rotatable bonds is 3. The van der Waals surface area contributed by atoms with Gasteiger partial charge < -0.3 is 5.11 Å². The maximum absolute atomic E-state index is 9.75. The summed E-state index contributed by atoms with van der Waals surface area (Å²) >= 11 is 0. The van der Waals surface area contributed by atoms with E-state index in [-0.39, 0.29) is 0 Å². The molecule has 1 fully saturated rings. The van der Waals surface area contributed by atoms with E-state index in [4.69, 9.17) is 4.99 Å². The van der Waals surface area contributed by atoms with Gasteiger partial charge in [-0.15, -0.1) is 0 Å². The van der Waals surface area contributed by atoms with Gasteiger partial charge in [0.15, 0.2) is 0 Å². The molecule has 2 rings (SSSR count). The molecule has 0 heterocycles. The van der Waals surface area contributed by atoms with Gasteiger partial charge in [-0.1, -0.05) is 32.9 Å². The van der Waals surface area contributed by atoms with Crippen LogP contribution in [0.25, 0.3) is 0 Å². The lowest BCUT2D eigenvalue weighted by Crippen LogP contribution is -2.28. The minimum Gasteiger partial charge on any atom is -0.507 e. The van der Waals surface area contributed by atoms with Crippen LogP contribution in [-0.4, -0.2) is 17.4 Å². The Morgan fingerprint density at radius 1 is 1.26 bits per heavy atom. The van der Waals surface area contributed by atoms with Crippen molar-refractivity contribution >= 4 is 6.21 Å². The topological polar surface area (TPSA) is 32.6 Å². The van der Waals surface area contributed by atoms with Crippen LogP contribution in [0.4, 0.5) is 0 Å². The number of nitrogens with zero attached hydrogens (tertiary/aromatic N) is 1. The molecule has 0 radical (unpaired) electrons. The first-order chi connectivity index (χ1) is 9.08. The Morgan fingerprint density at radius 2 is 2.00 bits per heavy atom. The summed E-state index contributed by atoms with van der Waals surface area (Å²) in [6.45, 7) is 6.91. The zero-order valence-electron chi connectivity index (χ0n) is 12.2. The highest BCUT2D eigenvalue weighted by atomic mass is 16.3. The van der Waals surface area contributed by atoms with Gasteiger partial charge in [0.25, 0.3) is 0 Å². The van der Waals surface area contributed by atoms with Gasteiger partial charge in [0.05, 0.1) is 6.04 Å². The number of benzene rings is 1. The summed E-state index contributed by atoms with van der Waals surface area (Å²) in [7, 11) is 0. The quantitative estimate of drug-likeness (QED) is 0.808. The molecule has 0 bridgehead atoms. The monoisotopic (exact) mass is 259 g/mol. The van der Waals surface area contributed by atoms with Gasteiger partial charge in [0.1, 0.15) is 5.75 Å². The molecule has 104 valence electrons. The fourth-order valence-electron chi connectivity index (χ4n) is 2.92. The van der Waals surface area contributed by atoms with Crippen LogP contribution in [0.2, 0.25) is 0 Å². The molecule has 0 aliphatic heterocycles. The standard InChI is InChI=1S/C17H25NO/c1-12(2)14-9-8-13(3)16(10-14)18-11-15-6-4-5-7-17(15)19/h4-7,11-14,16,19H,8-10H2,1-3H3/t13-,14-,16-/m1/s1. The number of hydrogen-bond donors (Lipinski definition) is 1. The second-order valence-corrected chi connectivity index (χ2v) is 6.20. The van der Waals surface area contributed by atoms with E-state index in [1.807, 2.05) is 24.4 Å². The van der Waals surface area contributed by atoms with Crippen molar-refractivity contribution < 1.29 is 5.11 Å². The summed E-state index contributed by atoms with van der Waals surface area (Å²) in [6.07, 6.45) is 5.63. The molecule has 0 unspecified atom stereocenters. The van der Waals surface area contributed by atoms with Crippen molar-refractivity contribution in [3.63, 3.8) is 0 Å². The number of aliphatic imine (C=N–C) groups is 1. The van der Waals surface area contributed by atoms with Crippen LogP contribution >= 0.6 is 0 Å². The lowest BCUT2D eigenvalue weighted by Gasteiger charge is -2.34. The molecule has 1 aliphatic carbocycles. The van der Waals surface area contributed by atoms with Gasteiger partial charge in [-0.05, 0) is 49.1 Å². The lowest BCUT2D eigenvalue weighted by molar-refractivity contribution is 0.208. The Balaban J connectivity index is 2.06. The normalized spacial score (nSPS) is 28.1. The summed E-state index contributed by atoms with van der Waals surface area (Å²) in [5.74, 6) is 2.50. The minimum atomic E-state index is 0.315. The Hall–Kier alpha value is -1.31. The van der Waals surface area contributed by atoms with Crippen molar-refractivity contribution in [3.05, 3.63) is 29.8 Å².